The van der Waals surface area contributed by atoms with Crippen LogP contribution in [0.5, 0.6) is 0 Å². The highest BCUT2D eigenvalue weighted by Gasteiger charge is 2.53. The number of carbonyl (C=O) groups is 1. The molecular formula is C15H20N2OS. The zero-order chi connectivity index (χ0) is 12.9. The third-order valence-corrected chi connectivity index (χ3v) is 5.56. The Kier molecular flexibility index (Phi) is 2.71. The van der Waals surface area contributed by atoms with Crippen molar-refractivity contribution in [3.8, 4) is 0 Å². The topological polar surface area (TPSA) is 32.3 Å². The lowest BCUT2D eigenvalue weighted by molar-refractivity contribution is -0.133. The summed E-state index contributed by atoms with van der Waals surface area (Å²) in [5, 5.41) is 7.97. The Balaban J connectivity index is 1.65. The van der Waals surface area contributed by atoms with E-state index in [4.69, 9.17) is 0 Å². The van der Waals surface area contributed by atoms with Crippen LogP contribution in [0.15, 0.2) is 16.8 Å². The van der Waals surface area contributed by atoms with Gasteiger partial charge in [0.15, 0.2) is 0 Å². The number of amides is 1. The molecule has 1 aromatic heterocycles. The molecule has 0 radical (unpaired) electrons. The molecule has 1 spiro atoms. The molecule has 102 valence electrons. The van der Waals surface area contributed by atoms with Crippen molar-refractivity contribution in [1.82, 2.24) is 10.2 Å². The van der Waals surface area contributed by atoms with Gasteiger partial charge in [-0.25, -0.2) is 0 Å². The fourth-order valence-corrected chi connectivity index (χ4v) is 4.27. The van der Waals surface area contributed by atoms with Gasteiger partial charge >= 0.3 is 0 Å². The third kappa shape index (κ3) is 1.93. The summed E-state index contributed by atoms with van der Waals surface area (Å²) < 4.78 is 0. The van der Waals surface area contributed by atoms with Crippen molar-refractivity contribution >= 4 is 17.2 Å². The first-order valence-electron chi connectivity index (χ1n) is 7.39. The Morgan fingerprint density at radius 1 is 1.37 bits per heavy atom. The van der Waals surface area contributed by atoms with Gasteiger partial charge in [0, 0.05) is 6.54 Å². The lowest BCUT2D eigenvalue weighted by Crippen LogP contribution is -2.44. The lowest BCUT2D eigenvalue weighted by atomic mass is 9.98. The molecule has 1 N–H and O–H groups in total. The number of hydrogen-bond donors (Lipinski definition) is 1. The van der Waals surface area contributed by atoms with Crippen LogP contribution >= 0.6 is 11.3 Å². The molecule has 19 heavy (non-hydrogen) atoms. The van der Waals surface area contributed by atoms with Gasteiger partial charge in [0.1, 0.15) is 6.17 Å². The van der Waals surface area contributed by atoms with E-state index in [0.717, 1.165) is 25.3 Å². The van der Waals surface area contributed by atoms with Gasteiger partial charge in [-0.15, -0.1) is 0 Å². The average Bonchev–Trinajstić information content (AvgIpc) is 2.84. The van der Waals surface area contributed by atoms with E-state index in [1.807, 2.05) is 0 Å². The normalized spacial score (nSPS) is 29.6. The minimum atomic E-state index is -0.235. The summed E-state index contributed by atoms with van der Waals surface area (Å²) in [7, 11) is 0. The number of thiophene rings is 1. The monoisotopic (exact) mass is 276 g/mol. The van der Waals surface area contributed by atoms with E-state index in [-0.39, 0.29) is 11.7 Å². The number of nitrogens with zero attached hydrogens (tertiary/aromatic N) is 1. The Morgan fingerprint density at radius 2 is 2.16 bits per heavy atom. The van der Waals surface area contributed by atoms with Crippen LogP contribution in [0.25, 0.3) is 0 Å². The van der Waals surface area contributed by atoms with Crippen LogP contribution in [0.3, 0.4) is 0 Å². The number of carbonyl (C=O) groups excluding carboxylic acids is 1. The molecule has 4 heteroatoms. The molecule has 3 fully saturated rings. The lowest BCUT2D eigenvalue weighted by Gasteiger charge is -2.23. The molecule has 2 saturated carbocycles. The first-order chi connectivity index (χ1) is 9.28. The third-order valence-electron chi connectivity index (χ3n) is 4.86. The minimum absolute atomic E-state index is 0.123. The Hall–Kier alpha value is -0.870. The zero-order valence-electron chi connectivity index (χ0n) is 11.1. The maximum absolute atomic E-state index is 12.9. The summed E-state index contributed by atoms with van der Waals surface area (Å²) in [5.41, 5.74) is 1.03. The highest BCUT2D eigenvalue weighted by Crippen LogP contribution is 2.43. The van der Waals surface area contributed by atoms with E-state index in [2.05, 4.69) is 27.0 Å². The van der Waals surface area contributed by atoms with E-state index in [9.17, 15) is 4.79 Å². The van der Waals surface area contributed by atoms with Gasteiger partial charge < -0.3 is 4.90 Å². The van der Waals surface area contributed by atoms with Gasteiger partial charge in [-0.3, -0.25) is 10.1 Å². The molecule has 1 aliphatic heterocycles. The SMILES string of the molecule is O=C1N(CC2CC2)C(c2ccsc2)NC12CCCC2. The van der Waals surface area contributed by atoms with E-state index >= 15 is 0 Å². The van der Waals surface area contributed by atoms with Gasteiger partial charge in [0.05, 0.1) is 5.54 Å². The Labute approximate surface area is 118 Å². The predicted molar refractivity (Wildman–Crippen MR) is 75.8 cm³/mol. The van der Waals surface area contributed by atoms with Crippen molar-refractivity contribution in [2.24, 2.45) is 5.92 Å². The van der Waals surface area contributed by atoms with Gasteiger partial charge in [-0.1, -0.05) is 12.8 Å². The van der Waals surface area contributed by atoms with Crippen molar-refractivity contribution in [3.05, 3.63) is 22.4 Å². The molecule has 0 aromatic carbocycles. The minimum Gasteiger partial charge on any atom is -0.321 e. The largest absolute Gasteiger partial charge is 0.321 e. The van der Waals surface area contributed by atoms with Crippen LogP contribution < -0.4 is 5.32 Å². The first kappa shape index (κ1) is 11.9. The first-order valence-corrected chi connectivity index (χ1v) is 8.34. The molecule has 3 aliphatic rings. The quantitative estimate of drug-likeness (QED) is 0.920. The Morgan fingerprint density at radius 3 is 2.79 bits per heavy atom. The van der Waals surface area contributed by atoms with Gasteiger partial charge in [-0.05, 0) is 54.0 Å². The summed E-state index contributed by atoms with van der Waals surface area (Å²) in [4.78, 5) is 15.0. The fraction of sp³-hybridized carbons (Fsp3) is 0.667. The highest BCUT2D eigenvalue weighted by molar-refractivity contribution is 7.07. The molecule has 2 heterocycles. The highest BCUT2D eigenvalue weighted by atomic mass is 32.1. The van der Waals surface area contributed by atoms with Gasteiger partial charge in [0.2, 0.25) is 5.91 Å². The zero-order valence-corrected chi connectivity index (χ0v) is 11.9. The molecule has 1 saturated heterocycles. The summed E-state index contributed by atoms with van der Waals surface area (Å²) >= 11 is 1.72. The van der Waals surface area contributed by atoms with Crippen LogP contribution in [-0.2, 0) is 4.79 Å². The van der Waals surface area contributed by atoms with E-state index in [1.54, 1.807) is 11.3 Å². The van der Waals surface area contributed by atoms with Crippen molar-refractivity contribution in [2.75, 3.05) is 6.54 Å². The van der Waals surface area contributed by atoms with Crippen LogP contribution in [0.2, 0.25) is 0 Å². The predicted octanol–water partition coefficient (Wildman–Crippen LogP) is 2.90. The second-order valence-corrected chi connectivity index (χ2v) is 7.07. The molecule has 1 unspecified atom stereocenters. The molecule has 2 aliphatic carbocycles. The molecule has 1 aromatic rings. The second kappa shape index (κ2) is 4.32. The molecule has 4 rings (SSSR count). The van der Waals surface area contributed by atoms with Crippen molar-refractivity contribution in [3.63, 3.8) is 0 Å². The van der Waals surface area contributed by atoms with Crippen molar-refractivity contribution < 1.29 is 4.79 Å². The Bertz CT molecular complexity index is 474. The van der Waals surface area contributed by atoms with Crippen molar-refractivity contribution in [1.29, 1.82) is 0 Å². The summed E-state index contributed by atoms with van der Waals surface area (Å²) in [5.74, 6) is 1.12. The summed E-state index contributed by atoms with van der Waals surface area (Å²) in [6.07, 6.45) is 7.14. The standard InChI is InChI=1S/C15H20N2OS/c18-14-15(6-1-2-7-15)16-13(12-5-8-19-10-12)17(14)9-11-3-4-11/h5,8,10-11,13,16H,1-4,6-7,9H2. The van der Waals surface area contributed by atoms with Gasteiger partial charge in [-0.2, -0.15) is 11.3 Å². The average molecular weight is 276 g/mol. The van der Waals surface area contributed by atoms with E-state index in [0.29, 0.717) is 5.91 Å². The van der Waals surface area contributed by atoms with Crippen LogP contribution in [0, 0.1) is 5.92 Å². The van der Waals surface area contributed by atoms with Crippen LogP contribution in [0.4, 0.5) is 0 Å². The van der Waals surface area contributed by atoms with Crippen molar-refractivity contribution in [2.45, 2.75) is 50.2 Å². The van der Waals surface area contributed by atoms with Crippen LogP contribution in [-0.4, -0.2) is 22.9 Å². The number of hydrogen-bond acceptors (Lipinski definition) is 3. The molecule has 0 bridgehead atoms. The molecule has 1 atom stereocenters. The maximum atomic E-state index is 12.9. The van der Waals surface area contributed by atoms with Crippen LogP contribution in [0.1, 0.15) is 50.3 Å². The number of nitrogens with one attached hydrogen (secondary N) is 1. The summed E-state index contributed by atoms with van der Waals surface area (Å²) in [6.45, 7) is 0.952. The smallest absolute Gasteiger partial charge is 0.244 e. The maximum Gasteiger partial charge on any atom is 0.244 e. The molecular weight excluding hydrogens is 256 g/mol. The summed E-state index contributed by atoms with van der Waals surface area (Å²) in [6, 6.07) is 2.16. The van der Waals surface area contributed by atoms with E-state index in [1.165, 1.54) is 31.2 Å². The number of rotatable bonds is 3. The molecule has 1 amide bonds. The molecule has 3 nitrogen and oxygen atoms in total. The fourth-order valence-electron chi connectivity index (χ4n) is 3.59. The van der Waals surface area contributed by atoms with Gasteiger partial charge in [0.25, 0.3) is 0 Å². The second-order valence-electron chi connectivity index (χ2n) is 6.29. The van der Waals surface area contributed by atoms with E-state index < -0.39 is 0 Å².